The van der Waals surface area contributed by atoms with Crippen LogP contribution >= 0.6 is 0 Å². The topological polar surface area (TPSA) is 55.8 Å². The number of rotatable bonds is 6. The number of carboxylic acid groups (broad SMARTS) is 1. The van der Waals surface area contributed by atoms with E-state index >= 15 is 0 Å². The molecule has 21 heavy (non-hydrogen) atoms. The van der Waals surface area contributed by atoms with Gasteiger partial charge in [0.15, 0.2) is 0 Å². The summed E-state index contributed by atoms with van der Waals surface area (Å²) in [6.45, 7) is 0.418. The molecule has 0 fully saturated rings. The van der Waals surface area contributed by atoms with Gasteiger partial charge in [-0.2, -0.15) is 0 Å². The Morgan fingerprint density at radius 2 is 1.95 bits per heavy atom. The Morgan fingerprint density at radius 3 is 2.62 bits per heavy atom. The third kappa shape index (κ3) is 4.38. The summed E-state index contributed by atoms with van der Waals surface area (Å²) >= 11 is 0. The number of methoxy groups -OCH3 is 1. The highest BCUT2D eigenvalue weighted by Gasteiger charge is 2.04. The minimum Gasteiger partial charge on any atom is -0.497 e. The molecule has 0 aromatic heterocycles. The number of ether oxygens (including phenoxy) is 2. The molecule has 0 aliphatic heterocycles. The Labute approximate surface area is 123 Å². The van der Waals surface area contributed by atoms with Crippen LogP contribution < -0.4 is 9.47 Å². The fraction of sp³-hybridized carbons (Fsp3) is 0.118. The van der Waals surface area contributed by atoms with Crippen molar-refractivity contribution in [3.8, 4) is 11.5 Å². The highest BCUT2D eigenvalue weighted by atomic mass is 16.5. The molecule has 4 nitrogen and oxygen atoms in total. The van der Waals surface area contributed by atoms with Gasteiger partial charge in [0.25, 0.3) is 0 Å². The van der Waals surface area contributed by atoms with Gasteiger partial charge in [0, 0.05) is 11.6 Å². The van der Waals surface area contributed by atoms with E-state index < -0.39 is 5.97 Å². The summed E-state index contributed by atoms with van der Waals surface area (Å²) < 4.78 is 10.9. The molecule has 0 aliphatic carbocycles. The quantitative estimate of drug-likeness (QED) is 0.826. The van der Waals surface area contributed by atoms with Gasteiger partial charge in [-0.05, 0) is 29.8 Å². The van der Waals surface area contributed by atoms with E-state index in [1.807, 2.05) is 30.3 Å². The molecule has 0 bridgehead atoms. The third-order valence-electron chi connectivity index (χ3n) is 2.86. The minimum absolute atomic E-state index is 0.418. The SMILES string of the molecule is COc1ccc(OCc2ccccc2)c(C=CC(=O)O)c1. The number of aliphatic carboxylic acids is 1. The molecule has 108 valence electrons. The minimum atomic E-state index is -1.01. The number of hydrogen-bond acceptors (Lipinski definition) is 3. The van der Waals surface area contributed by atoms with Gasteiger partial charge in [-0.25, -0.2) is 4.79 Å². The Hall–Kier alpha value is -2.75. The van der Waals surface area contributed by atoms with Crippen LogP contribution in [-0.4, -0.2) is 18.2 Å². The molecule has 0 saturated heterocycles. The highest BCUT2D eigenvalue weighted by molar-refractivity contribution is 5.86. The maximum Gasteiger partial charge on any atom is 0.328 e. The van der Waals surface area contributed by atoms with E-state index in [0.29, 0.717) is 23.7 Å². The van der Waals surface area contributed by atoms with Crippen LogP contribution in [-0.2, 0) is 11.4 Å². The Kier molecular flexibility index (Phi) is 4.99. The van der Waals surface area contributed by atoms with Gasteiger partial charge >= 0.3 is 5.97 Å². The molecule has 4 heteroatoms. The third-order valence-corrected chi connectivity index (χ3v) is 2.86. The lowest BCUT2D eigenvalue weighted by Crippen LogP contribution is -1.97. The summed E-state index contributed by atoms with van der Waals surface area (Å²) in [6.07, 6.45) is 2.56. The molecule has 0 spiro atoms. The second kappa shape index (κ2) is 7.14. The number of benzene rings is 2. The normalized spacial score (nSPS) is 10.5. The van der Waals surface area contributed by atoms with Gasteiger partial charge in [-0.15, -0.1) is 0 Å². The smallest absolute Gasteiger partial charge is 0.328 e. The largest absolute Gasteiger partial charge is 0.497 e. The Bertz CT molecular complexity index is 632. The summed E-state index contributed by atoms with van der Waals surface area (Å²) in [4.78, 5) is 10.7. The molecule has 0 unspecified atom stereocenters. The van der Waals surface area contributed by atoms with Crippen LogP contribution in [0, 0.1) is 0 Å². The molecule has 0 atom stereocenters. The van der Waals surface area contributed by atoms with Gasteiger partial charge in [-0.1, -0.05) is 30.3 Å². The molecule has 1 N–H and O–H groups in total. The predicted octanol–water partition coefficient (Wildman–Crippen LogP) is 3.37. The van der Waals surface area contributed by atoms with Crippen LogP contribution in [0.1, 0.15) is 11.1 Å². The monoisotopic (exact) mass is 284 g/mol. The van der Waals surface area contributed by atoms with Crippen molar-refractivity contribution in [2.24, 2.45) is 0 Å². The zero-order chi connectivity index (χ0) is 15.1. The van der Waals surface area contributed by atoms with Crippen LogP contribution in [0.5, 0.6) is 11.5 Å². The Balaban J connectivity index is 2.19. The molecule has 0 heterocycles. The molecule has 0 aliphatic rings. The average Bonchev–Trinajstić information content (AvgIpc) is 2.52. The van der Waals surface area contributed by atoms with E-state index in [4.69, 9.17) is 14.6 Å². The van der Waals surface area contributed by atoms with E-state index in [-0.39, 0.29) is 0 Å². The van der Waals surface area contributed by atoms with Gasteiger partial charge in [-0.3, -0.25) is 0 Å². The van der Waals surface area contributed by atoms with E-state index in [1.54, 1.807) is 25.3 Å². The number of hydrogen-bond donors (Lipinski definition) is 1. The maximum absolute atomic E-state index is 10.7. The summed E-state index contributed by atoms with van der Waals surface area (Å²) in [5, 5.41) is 8.74. The molecule has 2 rings (SSSR count). The van der Waals surface area contributed by atoms with Crippen molar-refractivity contribution in [1.29, 1.82) is 0 Å². The molecule has 2 aromatic rings. The van der Waals surface area contributed by atoms with E-state index in [9.17, 15) is 4.79 Å². The zero-order valence-electron chi connectivity index (χ0n) is 11.7. The molecule has 0 radical (unpaired) electrons. The van der Waals surface area contributed by atoms with Crippen molar-refractivity contribution in [3.05, 3.63) is 65.7 Å². The second-order valence-corrected chi connectivity index (χ2v) is 4.35. The molecular formula is C17H16O4. The first-order valence-electron chi connectivity index (χ1n) is 6.45. The number of carboxylic acids is 1. The van der Waals surface area contributed by atoms with Crippen molar-refractivity contribution >= 4 is 12.0 Å². The van der Waals surface area contributed by atoms with Gasteiger partial charge in [0.1, 0.15) is 18.1 Å². The lowest BCUT2D eigenvalue weighted by atomic mass is 10.1. The summed E-state index contributed by atoms with van der Waals surface area (Å²) in [5.41, 5.74) is 1.70. The fourth-order valence-electron chi connectivity index (χ4n) is 1.81. The maximum atomic E-state index is 10.7. The first-order valence-corrected chi connectivity index (χ1v) is 6.45. The standard InChI is InChI=1S/C17H16O4/c1-20-15-8-9-16(14(11-15)7-10-17(18)19)21-12-13-5-3-2-4-6-13/h2-11H,12H2,1H3,(H,18,19). The van der Waals surface area contributed by atoms with Crippen LogP contribution in [0.25, 0.3) is 6.08 Å². The highest BCUT2D eigenvalue weighted by Crippen LogP contribution is 2.26. The second-order valence-electron chi connectivity index (χ2n) is 4.35. The molecule has 0 amide bonds. The van der Waals surface area contributed by atoms with Crippen LogP contribution in [0.15, 0.2) is 54.6 Å². The van der Waals surface area contributed by atoms with Gasteiger partial charge in [0.2, 0.25) is 0 Å². The fourth-order valence-corrected chi connectivity index (χ4v) is 1.81. The van der Waals surface area contributed by atoms with Crippen molar-refractivity contribution in [3.63, 3.8) is 0 Å². The van der Waals surface area contributed by atoms with Crippen LogP contribution in [0.4, 0.5) is 0 Å². The summed E-state index contributed by atoms with van der Waals surface area (Å²) in [7, 11) is 1.56. The molecule has 2 aromatic carbocycles. The summed E-state index contributed by atoms with van der Waals surface area (Å²) in [6, 6.07) is 15.0. The average molecular weight is 284 g/mol. The van der Waals surface area contributed by atoms with Crippen LogP contribution in [0.2, 0.25) is 0 Å². The van der Waals surface area contributed by atoms with Crippen molar-refractivity contribution in [1.82, 2.24) is 0 Å². The van der Waals surface area contributed by atoms with E-state index in [2.05, 4.69) is 0 Å². The van der Waals surface area contributed by atoms with Crippen molar-refractivity contribution in [2.45, 2.75) is 6.61 Å². The van der Waals surface area contributed by atoms with E-state index in [0.717, 1.165) is 11.6 Å². The van der Waals surface area contributed by atoms with Crippen molar-refractivity contribution < 1.29 is 19.4 Å². The predicted molar refractivity (Wildman–Crippen MR) is 80.4 cm³/mol. The lowest BCUT2D eigenvalue weighted by Gasteiger charge is -2.11. The van der Waals surface area contributed by atoms with Gasteiger partial charge < -0.3 is 14.6 Å². The Morgan fingerprint density at radius 1 is 1.19 bits per heavy atom. The summed E-state index contributed by atoms with van der Waals surface area (Å²) in [5.74, 6) is 0.246. The van der Waals surface area contributed by atoms with Gasteiger partial charge in [0.05, 0.1) is 7.11 Å². The molecular weight excluding hydrogens is 268 g/mol. The van der Waals surface area contributed by atoms with Crippen molar-refractivity contribution in [2.75, 3.05) is 7.11 Å². The number of carbonyl (C=O) groups is 1. The first kappa shape index (κ1) is 14.7. The lowest BCUT2D eigenvalue weighted by molar-refractivity contribution is -0.131. The zero-order valence-corrected chi connectivity index (χ0v) is 11.7. The first-order chi connectivity index (χ1) is 10.2. The van der Waals surface area contributed by atoms with Crippen LogP contribution in [0.3, 0.4) is 0 Å². The molecule has 0 saturated carbocycles. The van der Waals surface area contributed by atoms with E-state index in [1.165, 1.54) is 6.08 Å².